The summed E-state index contributed by atoms with van der Waals surface area (Å²) in [6, 6.07) is -0.0180. The Morgan fingerprint density at radius 2 is 1.96 bits per heavy atom. The zero-order valence-corrected chi connectivity index (χ0v) is 16.4. The number of alkyl halides is 3. The summed E-state index contributed by atoms with van der Waals surface area (Å²) in [5.74, 6) is 0.938. The normalized spacial score (nSPS) is 26.5. The number of rotatable bonds is 5. The number of nitrogens with one attached hydrogen (secondary N) is 2. The molecule has 7 nitrogen and oxygen atoms in total. The number of aryl methyl sites for hydroxylation is 1. The molecule has 1 saturated carbocycles. The highest BCUT2D eigenvalue weighted by Crippen LogP contribution is 2.37. The number of aliphatic imine (C=N–C) groups is 1. The van der Waals surface area contributed by atoms with Crippen molar-refractivity contribution in [3.05, 3.63) is 11.6 Å². The predicted molar refractivity (Wildman–Crippen MR) is 98.8 cm³/mol. The lowest BCUT2D eigenvalue weighted by molar-refractivity contribution is -0.182. The molecule has 0 radical (unpaired) electrons. The van der Waals surface area contributed by atoms with Crippen LogP contribution in [0.15, 0.2) is 4.99 Å². The van der Waals surface area contributed by atoms with Gasteiger partial charge in [0, 0.05) is 26.2 Å². The number of hydrogen-bond acceptors (Lipinski definition) is 4. The maximum Gasteiger partial charge on any atom is 0.391 e. The lowest BCUT2D eigenvalue weighted by atomic mass is 9.85. The Labute approximate surface area is 163 Å². The molecular formula is C18H29F3N6O. The van der Waals surface area contributed by atoms with Gasteiger partial charge in [-0.3, -0.25) is 0 Å². The molecule has 0 amide bonds. The third kappa shape index (κ3) is 5.59. The first-order valence-electron chi connectivity index (χ1n) is 9.91. The first-order valence-corrected chi connectivity index (χ1v) is 9.91. The summed E-state index contributed by atoms with van der Waals surface area (Å²) in [6.45, 7) is 3.61. The Morgan fingerprint density at radius 1 is 1.21 bits per heavy atom. The molecule has 1 saturated heterocycles. The molecule has 0 bridgehead atoms. The van der Waals surface area contributed by atoms with Crippen molar-refractivity contribution in [3.8, 4) is 0 Å². The maximum absolute atomic E-state index is 12.9. The minimum Gasteiger partial charge on any atom is -0.376 e. The van der Waals surface area contributed by atoms with Crippen molar-refractivity contribution in [1.29, 1.82) is 0 Å². The van der Waals surface area contributed by atoms with Crippen LogP contribution in [-0.2, 0) is 18.3 Å². The minimum atomic E-state index is -4.09. The number of halogens is 3. The molecule has 1 atom stereocenters. The van der Waals surface area contributed by atoms with E-state index in [1.807, 2.05) is 18.5 Å². The number of aromatic nitrogens is 3. The van der Waals surface area contributed by atoms with Gasteiger partial charge in [0.15, 0.2) is 11.8 Å². The average Bonchev–Trinajstić information content (AvgIpc) is 3.28. The van der Waals surface area contributed by atoms with E-state index < -0.39 is 12.1 Å². The van der Waals surface area contributed by atoms with E-state index in [9.17, 15) is 13.2 Å². The quantitative estimate of drug-likeness (QED) is 0.585. The molecule has 0 aromatic carbocycles. The van der Waals surface area contributed by atoms with Gasteiger partial charge in [0.1, 0.15) is 12.4 Å². The first-order chi connectivity index (χ1) is 13.3. The van der Waals surface area contributed by atoms with Crippen molar-refractivity contribution in [3.63, 3.8) is 0 Å². The van der Waals surface area contributed by atoms with E-state index in [0.717, 1.165) is 31.1 Å². The van der Waals surface area contributed by atoms with Gasteiger partial charge in [0.2, 0.25) is 0 Å². The van der Waals surface area contributed by atoms with Crippen LogP contribution >= 0.6 is 0 Å². The van der Waals surface area contributed by atoms with Crippen LogP contribution in [0.3, 0.4) is 0 Å². The van der Waals surface area contributed by atoms with E-state index >= 15 is 0 Å². The highest BCUT2D eigenvalue weighted by molar-refractivity contribution is 5.80. The van der Waals surface area contributed by atoms with Gasteiger partial charge in [-0.25, -0.2) is 4.99 Å². The Balaban J connectivity index is 1.59. The van der Waals surface area contributed by atoms with Crippen LogP contribution in [0, 0.1) is 12.8 Å². The first kappa shape index (κ1) is 20.9. The highest BCUT2D eigenvalue weighted by Gasteiger charge is 2.41. The van der Waals surface area contributed by atoms with Gasteiger partial charge in [-0.15, -0.1) is 10.2 Å². The molecule has 1 unspecified atom stereocenters. The fourth-order valence-electron chi connectivity index (χ4n) is 3.67. The Bertz CT molecular complexity index is 661. The summed E-state index contributed by atoms with van der Waals surface area (Å²) < 4.78 is 46.2. The summed E-state index contributed by atoms with van der Waals surface area (Å²) in [6.07, 6.45) is -0.633. The summed E-state index contributed by atoms with van der Waals surface area (Å²) in [4.78, 5) is 4.58. The second kappa shape index (κ2) is 9.11. The van der Waals surface area contributed by atoms with Crippen LogP contribution in [-0.4, -0.2) is 52.2 Å². The molecule has 28 heavy (non-hydrogen) atoms. The van der Waals surface area contributed by atoms with E-state index in [2.05, 4.69) is 25.8 Å². The molecule has 10 heteroatoms. The van der Waals surface area contributed by atoms with Crippen LogP contribution < -0.4 is 10.6 Å². The van der Waals surface area contributed by atoms with Gasteiger partial charge in [0.25, 0.3) is 0 Å². The number of guanidine groups is 1. The predicted octanol–water partition coefficient (Wildman–Crippen LogP) is 2.46. The lowest BCUT2D eigenvalue weighted by Crippen LogP contribution is -2.47. The molecule has 1 aromatic heterocycles. The number of hydrogen-bond donors (Lipinski definition) is 2. The van der Waals surface area contributed by atoms with Gasteiger partial charge < -0.3 is 19.9 Å². The van der Waals surface area contributed by atoms with Crippen molar-refractivity contribution in [2.24, 2.45) is 18.0 Å². The van der Waals surface area contributed by atoms with E-state index in [4.69, 9.17) is 4.74 Å². The zero-order valence-electron chi connectivity index (χ0n) is 16.4. The van der Waals surface area contributed by atoms with E-state index in [-0.39, 0.29) is 25.0 Å². The van der Waals surface area contributed by atoms with E-state index in [0.29, 0.717) is 31.9 Å². The SMILES string of the molecule is Cc1nnc(CN=C(NCC2CCCO2)NC2CCC(C(F)(F)F)CC2)n1C. The smallest absolute Gasteiger partial charge is 0.376 e. The molecule has 2 fully saturated rings. The molecular weight excluding hydrogens is 373 g/mol. The second-order valence-corrected chi connectivity index (χ2v) is 7.64. The van der Waals surface area contributed by atoms with Crippen LogP contribution in [0.2, 0.25) is 0 Å². The molecule has 0 spiro atoms. The van der Waals surface area contributed by atoms with Crippen molar-refractivity contribution in [1.82, 2.24) is 25.4 Å². The van der Waals surface area contributed by atoms with Crippen molar-refractivity contribution in [2.45, 2.75) is 70.3 Å². The van der Waals surface area contributed by atoms with Crippen molar-refractivity contribution in [2.75, 3.05) is 13.2 Å². The summed E-state index contributed by atoms with van der Waals surface area (Å²) in [5, 5.41) is 14.7. The Kier molecular flexibility index (Phi) is 6.79. The second-order valence-electron chi connectivity index (χ2n) is 7.64. The zero-order chi connectivity index (χ0) is 20.1. The summed E-state index contributed by atoms with van der Waals surface area (Å²) >= 11 is 0. The fourth-order valence-corrected chi connectivity index (χ4v) is 3.67. The van der Waals surface area contributed by atoms with Gasteiger partial charge in [0.05, 0.1) is 12.0 Å². The van der Waals surface area contributed by atoms with Crippen LogP contribution in [0.5, 0.6) is 0 Å². The molecule has 1 aliphatic carbocycles. The third-order valence-electron chi connectivity index (χ3n) is 5.61. The van der Waals surface area contributed by atoms with Gasteiger partial charge in [-0.2, -0.15) is 13.2 Å². The topological polar surface area (TPSA) is 76.4 Å². The Morgan fingerprint density at radius 3 is 2.54 bits per heavy atom. The van der Waals surface area contributed by atoms with Crippen molar-refractivity contribution >= 4 is 5.96 Å². The van der Waals surface area contributed by atoms with Crippen molar-refractivity contribution < 1.29 is 17.9 Å². The molecule has 2 aliphatic rings. The van der Waals surface area contributed by atoms with Gasteiger partial charge >= 0.3 is 6.18 Å². The molecule has 3 rings (SSSR count). The van der Waals surface area contributed by atoms with Gasteiger partial charge in [-0.1, -0.05) is 0 Å². The maximum atomic E-state index is 12.9. The van der Waals surface area contributed by atoms with E-state index in [1.165, 1.54) is 0 Å². The van der Waals surface area contributed by atoms with E-state index in [1.54, 1.807) is 0 Å². The minimum absolute atomic E-state index is 0.0180. The molecule has 158 valence electrons. The molecule has 2 N–H and O–H groups in total. The van der Waals surface area contributed by atoms with Crippen LogP contribution in [0.1, 0.15) is 50.2 Å². The average molecular weight is 402 g/mol. The number of ether oxygens (including phenoxy) is 1. The molecule has 1 aromatic rings. The van der Waals surface area contributed by atoms with Gasteiger partial charge in [-0.05, 0) is 45.4 Å². The lowest BCUT2D eigenvalue weighted by Gasteiger charge is -2.31. The van der Waals surface area contributed by atoms with Crippen LogP contribution in [0.25, 0.3) is 0 Å². The standard InChI is InChI=1S/C18H29F3N6O/c1-12-25-26-16(27(12)2)11-23-17(22-10-15-4-3-9-28-15)24-14-7-5-13(6-8-14)18(19,20)21/h13-15H,3-11H2,1-2H3,(H2,22,23,24). The fraction of sp³-hybridized carbons (Fsp3) is 0.833. The monoisotopic (exact) mass is 402 g/mol. The molecule has 2 heterocycles. The summed E-state index contributed by atoms with van der Waals surface area (Å²) in [5.41, 5.74) is 0. The Hall–Kier alpha value is -1.84. The van der Waals surface area contributed by atoms with Crippen LogP contribution in [0.4, 0.5) is 13.2 Å². The summed E-state index contributed by atoms with van der Waals surface area (Å²) in [7, 11) is 1.88. The largest absolute Gasteiger partial charge is 0.391 e. The highest BCUT2D eigenvalue weighted by atomic mass is 19.4. The number of nitrogens with zero attached hydrogens (tertiary/aromatic N) is 4. The molecule has 1 aliphatic heterocycles. The third-order valence-corrected chi connectivity index (χ3v) is 5.61.